The van der Waals surface area contributed by atoms with Crippen LogP contribution in [0.5, 0.6) is 0 Å². The molecule has 34 heavy (non-hydrogen) atoms. The molecule has 0 heterocycles. The second kappa shape index (κ2) is 16.2. The molecule has 1 rings (SSSR count). The highest BCUT2D eigenvalue weighted by molar-refractivity contribution is 5.89. The van der Waals surface area contributed by atoms with Gasteiger partial charge in [-0.3, -0.25) is 30.0 Å². The number of nitrogens with two attached hydrogens (primary N) is 1. The monoisotopic (exact) mass is 496 g/mol. The molecule has 3 atom stereocenters. The number of allylic oxidation sites excluding steroid dienone is 1. The molecule has 192 valence electrons. The minimum absolute atomic E-state index is 0. The van der Waals surface area contributed by atoms with Gasteiger partial charge in [0, 0.05) is 6.54 Å². The van der Waals surface area contributed by atoms with Gasteiger partial charge in [0.15, 0.2) is 0 Å². The number of halogens is 1. The van der Waals surface area contributed by atoms with Crippen LogP contribution in [0.4, 0.5) is 0 Å². The number of carbonyl (C=O) groups excluding carboxylic acids is 3. The zero-order valence-corrected chi connectivity index (χ0v) is 21.7. The van der Waals surface area contributed by atoms with Crippen molar-refractivity contribution in [3.8, 4) is 0 Å². The first-order chi connectivity index (χ1) is 15.6. The second-order valence-electron chi connectivity index (χ2n) is 9.20. The van der Waals surface area contributed by atoms with Gasteiger partial charge in [-0.2, -0.15) is 0 Å². The standard InChI is InChI=1S/C25H40N4O4.ClH/c1-6-22(26)25(32)29(16-18(4)5)27-23(30)21(15-17(2)3)20(24(31)28-33)14-10-13-19-11-8-7-9-12-19;/h7-13,17-18,20-22,33H,6,14-16,26H2,1-5H3,(H,27,30)(H,28,31);1H/b13-10+;/t20-,21+,22+;/m0./s1. The molecule has 3 amide bonds. The molecule has 0 fully saturated rings. The van der Waals surface area contributed by atoms with Crippen LogP contribution >= 0.6 is 12.4 Å². The van der Waals surface area contributed by atoms with Crippen LogP contribution in [0.15, 0.2) is 36.4 Å². The van der Waals surface area contributed by atoms with Crippen LogP contribution in [0.1, 0.15) is 59.4 Å². The normalized spacial score (nSPS) is 13.8. The number of rotatable bonds is 12. The van der Waals surface area contributed by atoms with Gasteiger partial charge in [-0.1, -0.05) is 77.1 Å². The summed E-state index contributed by atoms with van der Waals surface area (Å²) in [5.41, 5.74) is 11.3. The smallest absolute Gasteiger partial charge is 0.257 e. The van der Waals surface area contributed by atoms with E-state index in [1.165, 1.54) is 5.01 Å². The number of hydroxylamine groups is 1. The summed E-state index contributed by atoms with van der Waals surface area (Å²) in [7, 11) is 0. The summed E-state index contributed by atoms with van der Waals surface area (Å²) in [6.45, 7) is 9.89. The molecule has 0 aromatic heterocycles. The van der Waals surface area contributed by atoms with Crippen LogP contribution in [0.25, 0.3) is 6.08 Å². The molecule has 0 aliphatic heterocycles. The summed E-state index contributed by atoms with van der Waals surface area (Å²) < 4.78 is 0. The average molecular weight is 497 g/mol. The fraction of sp³-hybridized carbons (Fsp3) is 0.560. The lowest BCUT2D eigenvalue weighted by atomic mass is 9.82. The predicted molar refractivity (Wildman–Crippen MR) is 137 cm³/mol. The van der Waals surface area contributed by atoms with Crippen molar-refractivity contribution >= 4 is 36.2 Å². The van der Waals surface area contributed by atoms with Crippen molar-refractivity contribution in [2.45, 2.75) is 59.9 Å². The Hall–Kier alpha value is -2.42. The summed E-state index contributed by atoms with van der Waals surface area (Å²) in [5, 5.41) is 10.6. The molecule has 0 saturated carbocycles. The van der Waals surface area contributed by atoms with Gasteiger partial charge < -0.3 is 5.73 Å². The molecule has 1 aromatic carbocycles. The summed E-state index contributed by atoms with van der Waals surface area (Å²) >= 11 is 0. The highest BCUT2D eigenvalue weighted by Gasteiger charge is 2.35. The third-order valence-electron chi connectivity index (χ3n) is 5.31. The number of amides is 3. The summed E-state index contributed by atoms with van der Waals surface area (Å²) in [5.74, 6) is -2.79. The largest absolute Gasteiger partial charge is 0.320 e. The van der Waals surface area contributed by atoms with Crippen molar-refractivity contribution in [2.24, 2.45) is 29.4 Å². The van der Waals surface area contributed by atoms with Crippen LogP contribution in [0.3, 0.4) is 0 Å². The molecule has 0 aliphatic carbocycles. The topological polar surface area (TPSA) is 125 Å². The SMILES string of the molecule is CC[C@@H](N)C(=O)N(CC(C)C)NC(=O)[C@H](CC(C)C)[C@H](C/C=C/c1ccccc1)C(=O)NO.Cl. The van der Waals surface area contributed by atoms with E-state index in [1.54, 1.807) is 12.4 Å². The Labute approximate surface area is 209 Å². The van der Waals surface area contributed by atoms with Gasteiger partial charge >= 0.3 is 0 Å². The van der Waals surface area contributed by atoms with Crippen molar-refractivity contribution in [3.05, 3.63) is 42.0 Å². The van der Waals surface area contributed by atoms with E-state index in [1.807, 2.05) is 70.2 Å². The zero-order valence-electron chi connectivity index (χ0n) is 20.9. The Morgan fingerprint density at radius 2 is 1.65 bits per heavy atom. The van der Waals surface area contributed by atoms with Gasteiger partial charge in [0.1, 0.15) is 0 Å². The van der Waals surface area contributed by atoms with Crippen LogP contribution < -0.4 is 16.6 Å². The molecule has 1 aromatic rings. The Morgan fingerprint density at radius 3 is 2.15 bits per heavy atom. The summed E-state index contributed by atoms with van der Waals surface area (Å²) in [6.07, 6.45) is 4.79. The fourth-order valence-electron chi connectivity index (χ4n) is 3.56. The maximum atomic E-state index is 13.3. The highest BCUT2D eigenvalue weighted by atomic mass is 35.5. The van der Waals surface area contributed by atoms with Crippen molar-refractivity contribution < 1.29 is 19.6 Å². The maximum absolute atomic E-state index is 13.3. The number of hydrazine groups is 1. The Bertz CT molecular complexity index is 786. The molecule has 0 radical (unpaired) electrons. The number of benzene rings is 1. The molecule has 9 heteroatoms. The van der Waals surface area contributed by atoms with Crippen LogP contribution in [0, 0.1) is 23.7 Å². The van der Waals surface area contributed by atoms with E-state index >= 15 is 0 Å². The minimum atomic E-state index is -0.812. The predicted octanol–water partition coefficient (Wildman–Crippen LogP) is 3.55. The van der Waals surface area contributed by atoms with Gasteiger partial charge in [0.05, 0.1) is 17.9 Å². The second-order valence-corrected chi connectivity index (χ2v) is 9.20. The lowest BCUT2D eigenvalue weighted by Gasteiger charge is -2.31. The van der Waals surface area contributed by atoms with E-state index in [9.17, 15) is 19.6 Å². The van der Waals surface area contributed by atoms with Crippen molar-refractivity contribution in [3.63, 3.8) is 0 Å². The Kier molecular flexibility index (Phi) is 15.1. The summed E-state index contributed by atoms with van der Waals surface area (Å²) in [4.78, 5) is 38.6. The molecule has 0 spiro atoms. The maximum Gasteiger partial charge on any atom is 0.257 e. The van der Waals surface area contributed by atoms with Gasteiger partial charge in [-0.05, 0) is 36.7 Å². The first-order valence-corrected chi connectivity index (χ1v) is 11.6. The molecule has 0 saturated heterocycles. The third kappa shape index (κ3) is 10.7. The zero-order chi connectivity index (χ0) is 25.0. The van der Waals surface area contributed by atoms with Crippen LogP contribution in [0.2, 0.25) is 0 Å². The van der Waals surface area contributed by atoms with Gasteiger partial charge in [-0.25, -0.2) is 5.48 Å². The Morgan fingerprint density at radius 1 is 1.03 bits per heavy atom. The number of nitrogens with one attached hydrogen (secondary N) is 2. The van der Waals surface area contributed by atoms with E-state index in [0.717, 1.165) is 5.56 Å². The molecule has 5 N–H and O–H groups in total. The number of hydrogen-bond acceptors (Lipinski definition) is 5. The van der Waals surface area contributed by atoms with Gasteiger partial charge in [0.2, 0.25) is 11.8 Å². The average Bonchev–Trinajstić information content (AvgIpc) is 2.78. The highest BCUT2D eigenvalue weighted by Crippen LogP contribution is 2.25. The van der Waals surface area contributed by atoms with Gasteiger partial charge in [0.25, 0.3) is 5.91 Å². The third-order valence-corrected chi connectivity index (χ3v) is 5.31. The molecule has 8 nitrogen and oxygen atoms in total. The summed E-state index contributed by atoms with van der Waals surface area (Å²) in [6, 6.07) is 8.88. The van der Waals surface area contributed by atoms with E-state index in [0.29, 0.717) is 19.4 Å². The first kappa shape index (κ1) is 31.6. The number of nitrogens with zero attached hydrogens (tertiary/aromatic N) is 1. The van der Waals surface area contributed by atoms with Gasteiger partial charge in [-0.15, -0.1) is 12.4 Å². The first-order valence-electron chi connectivity index (χ1n) is 11.6. The lowest BCUT2D eigenvalue weighted by molar-refractivity contribution is -0.148. The lowest BCUT2D eigenvalue weighted by Crippen LogP contribution is -2.56. The fourth-order valence-corrected chi connectivity index (χ4v) is 3.56. The Balaban J connectivity index is 0.0000109. The number of carbonyl (C=O) groups is 3. The van der Waals surface area contributed by atoms with E-state index in [2.05, 4.69) is 5.43 Å². The quantitative estimate of drug-likeness (QED) is 0.260. The van der Waals surface area contributed by atoms with Crippen LogP contribution in [-0.2, 0) is 14.4 Å². The van der Waals surface area contributed by atoms with E-state index in [4.69, 9.17) is 5.73 Å². The number of hydrogen-bond donors (Lipinski definition) is 4. The molecule has 0 unspecified atom stereocenters. The van der Waals surface area contributed by atoms with E-state index < -0.39 is 29.7 Å². The van der Waals surface area contributed by atoms with Crippen molar-refractivity contribution in [1.29, 1.82) is 0 Å². The molecule has 0 bridgehead atoms. The molecular weight excluding hydrogens is 456 g/mol. The van der Waals surface area contributed by atoms with E-state index in [-0.39, 0.29) is 36.6 Å². The van der Waals surface area contributed by atoms with Crippen molar-refractivity contribution in [2.75, 3.05) is 6.54 Å². The molecular formula is C25H41ClN4O4. The minimum Gasteiger partial charge on any atom is -0.320 e. The van der Waals surface area contributed by atoms with Crippen LogP contribution in [-0.4, -0.2) is 40.5 Å². The van der Waals surface area contributed by atoms with Crippen molar-refractivity contribution in [1.82, 2.24) is 15.9 Å². The molecule has 0 aliphatic rings.